The number of nitrogens with zero attached hydrogens (tertiary/aromatic N) is 4. The van der Waals surface area contributed by atoms with Crippen molar-refractivity contribution in [2.45, 2.75) is 58.3 Å². The van der Waals surface area contributed by atoms with E-state index in [1.807, 2.05) is 92.7 Å². The smallest absolute Gasteiger partial charge is 0.670 e. The third-order valence-electron chi connectivity index (χ3n) is 9.07. The van der Waals surface area contributed by atoms with Crippen LogP contribution in [0, 0.1) is 24.7 Å². The van der Waals surface area contributed by atoms with Crippen LogP contribution < -0.4 is 109 Å². The number of aliphatic carboxylic acids is 1. The van der Waals surface area contributed by atoms with Crippen LogP contribution in [0.4, 0.5) is 5.69 Å². The summed E-state index contributed by atoms with van der Waals surface area (Å²) in [7, 11) is 12.1. The fraction of sp³-hybridized carbons (Fsp3) is 0.405. The number of nitrogens with one attached hydrogen (secondary N) is 2. The topological polar surface area (TPSA) is 184 Å². The Bertz CT molecular complexity index is 1900. The molecule has 0 aliphatic heterocycles. The number of nitrogen functional groups attached to an aromatic ring is 1. The Morgan fingerprint density at radius 1 is 0.804 bits per heavy atom. The fourth-order valence-corrected chi connectivity index (χ4v) is 6.13. The van der Waals surface area contributed by atoms with Crippen molar-refractivity contribution in [2.75, 3.05) is 48.0 Å². The molecular formula is C42H57K2N7O5. The van der Waals surface area contributed by atoms with Gasteiger partial charge in [-0.15, -0.1) is 10.8 Å². The first-order chi connectivity index (χ1) is 25.2. The summed E-state index contributed by atoms with van der Waals surface area (Å²) in [5, 5.41) is 8.35. The number of hydrogen-bond donors (Lipinski definition) is 2. The number of nitrogens with two attached hydrogens (primary N) is 1. The molecule has 0 spiro atoms. The van der Waals surface area contributed by atoms with Gasteiger partial charge >= 0.3 is 103 Å². The van der Waals surface area contributed by atoms with Gasteiger partial charge < -0.3 is 50.6 Å². The molecule has 0 fully saturated rings. The van der Waals surface area contributed by atoms with Gasteiger partial charge in [-0.3, -0.25) is 14.6 Å². The Morgan fingerprint density at radius 3 is 1.64 bits per heavy atom. The summed E-state index contributed by atoms with van der Waals surface area (Å²) in [6.45, 7) is 8.98. The number of carbonyl (C=O) groups is 4. The van der Waals surface area contributed by atoms with Crippen LogP contribution in [0.5, 0.6) is 0 Å². The number of carboxylic acid groups (broad SMARTS) is 1. The minimum absolute atomic E-state index is 0. The number of rotatable bonds is 6. The van der Waals surface area contributed by atoms with E-state index in [0.717, 1.165) is 55.5 Å². The normalized spacial score (nSPS) is 17.6. The zero-order valence-electron chi connectivity index (χ0n) is 34.9. The van der Waals surface area contributed by atoms with Crippen LogP contribution in [0.2, 0.25) is 0 Å². The second-order valence-corrected chi connectivity index (χ2v) is 14.7. The van der Waals surface area contributed by atoms with E-state index >= 15 is 0 Å². The van der Waals surface area contributed by atoms with E-state index in [0.29, 0.717) is 31.2 Å². The summed E-state index contributed by atoms with van der Waals surface area (Å²) in [6, 6.07) is 11.8. The van der Waals surface area contributed by atoms with Gasteiger partial charge in [-0.1, -0.05) is 31.7 Å². The third-order valence-corrected chi connectivity index (χ3v) is 9.07. The summed E-state index contributed by atoms with van der Waals surface area (Å²) < 4.78 is 4.07. The Kier molecular flexibility index (Phi) is 24.4. The number of benzene rings is 2. The molecule has 0 saturated carbocycles. The number of aromatic nitrogens is 1. The largest absolute Gasteiger partial charge is 1.00 e. The standard InChI is InChI=1S/C17H17N2O2.C13H17N2O.C10H21N3.C2H4O2.2K/c1-17(16(18)21)4-2-12-7-14-6-11(10-20)9-19-15(14)8-13(12)3-5-17;1-13(12(15)16)6-4-9-2-3-11(14)8-10(9)5-7-13;1-11(2)7-10(8-12(3)4)9-13(5)6;1-2(3)4;;/h6-10H,1-5H2,(H2,18,21);2-3,8H,1,4-7,14H2,(H2,15,16);7-9H,1-6H3;1H3,(H,3,4);;/q2*-1;+2;;2*+1/p-2. The maximum atomic E-state index is 11.5. The van der Waals surface area contributed by atoms with Crippen LogP contribution in [-0.2, 0) is 40.1 Å². The summed E-state index contributed by atoms with van der Waals surface area (Å²) >= 11 is 0. The monoisotopic (exact) mass is 817 g/mol. The predicted molar refractivity (Wildman–Crippen MR) is 217 cm³/mol. The summed E-state index contributed by atoms with van der Waals surface area (Å²) in [5.41, 5.74) is 27.0. The maximum Gasteiger partial charge on any atom is 1.00 e. The van der Waals surface area contributed by atoms with Crippen LogP contribution in [0.15, 0.2) is 54.4 Å². The molecule has 0 bridgehead atoms. The molecule has 2 aromatic carbocycles. The van der Waals surface area contributed by atoms with Crippen LogP contribution in [0.1, 0.15) is 65.2 Å². The predicted octanol–water partition coefficient (Wildman–Crippen LogP) is 0.0889. The first kappa shape index (κ1) is 53.9. The molecule has 2 aliphatic carbocycles. The average Bonchev–Trinajstić information content (AvgIpc) is 3.35. The first-order valence-corrected chi connectivity index (χ1v) is 17.7. The summed E-state index contributed by atoms with van der Waals surface area (Å²) in [5.74, 6) is -1.96. The van der Waals surface area contributed by atoms with Crippen molar-refractivity contribution in [1.29, 1.82) is 0 Å². The number of carboxylic acids is 1. The molecule has 56 heavy (non-hydrogen) atoms. The molecular weight excluding hydrogens is 761 g/mol. The molecule has 14 heteroatoms. The van der Waals surface area contributed by atoms with Gasteiger partial charge in [0.05, 0.1) is 5.52 Å². The van der Waals surface area contributed by atoms with E-state index in [1.54, 1.807) is 6.20 Å². The van der Waals surface area contributed by atoms with E-state index in [4.69, 9.17) is 27.1 Å². The van der Waals surface area contributed by atoms with E-state index in [-0.39, 0.29) is 103 Å². The summed E-state index contributed by atoms with van der Waals surface area (Å²) in [6.07, 6.45) is 14.2. The Hall–Kier alpha value is -2.12. The van der Waals surface area contributed by atoms with E-state index in [9.17, 15) is 14.4 Å². The molecule has 2 amide bonds. The molecule has 1 aromatic heterocycles. The minimum Gasteiger partial charge on any atom is -0.670 e. The van der Waals surface area contributed by atoms with Gasteiger partial charge in [-0.2, -0.15) is 0 Å². The van der Waals surface area contributed by atoms with Crippen molar-refractivity contribution < 1.29 is 136 Å². The van der Waals surface area contributed by atoms with Crippen LogP contribution in [0.25, 0.3) is 22.4 Å². The third kappa shape index (κ3) is 18.2. The number of fused-ring (bicyclic) bond motifs is 3. The van der Waals surface area contributed by atoms with Gasteiger partial charge in [0.1, 0.15) is 33.8 Å². The number of pyridine rings is 1. The zero-order chi connectivity index (χ0) is 40.8. The summed E-state index contributed by atoms with van der Waals surface area (Å²) in [4.78, 5) is 49.0. The average molecular weight is 818 g/mol. The molecule has 2 aliphatic rings. The molecule has 1 heterocycles. The fourth-order valence-electron chi connectivity index (χ4n) is 6.13. The molecule has 2 unspecified atom stereocenters. The van der Waals surface area contributed by atoms with E-state index < -0.39 is 28.6 Å². The SMILES string of the molecule is CC(=O)O.CN(C)C=C(C=[N+](C)C)C=[N+](C)C.[CH2-]C1(C([NH-])=O)CCc2cc3cc(C=O)cnc3cc2CC1.[CH2-]C1(C([NH-])=O)CCc2ccc(N)cc2CC1.[K+].[K+]. The molecule has 0 saturated heterocycles. The molecule has 5 rings (SSSR count). The minimum atomic E-state index is -0.833. The van der Waals surface area contributed by atoms with Gasteiger partial charge in [0.15, 0.2) is 18.7 Å². The van der Waals surface area contributed by atoms with Gasteiger partial charge in [0.2, 0.25) is 0 Å². The van der Waals surface area contributed by atoms with Crippen molar-refractivity contribution in [3.8, 4) is 0 Å². The van der Waals surface area contributed by atoms with Crippen molar-refractivity contribution in [3.05, 3.63) is 108 Å². The number of carbonyl (C=O) groups excluding carboxylic acids is 3. The molecule has 0 radical (unpaired) electrons. The molecule has 3 aromatic rings. The Morgan fingerprint density at radius 2 is 1.23 bits per heavy atom. The van der Waals surface area contributed by atoms with Crippen molar-refractivity contribution in [1.82, 2.24) is 9.88 Å². The molecule has 5 N–H and O–H groups in total. The van der Waals surface area contributed by atoms with Crippen LogP contribution in [0.3, 0.4) is 0 Å². The maximum absolute atomic E-state index is 11.5. The number of allylic oxidation sites excluding steroid dienone is 1. The van der Waals surface area contributed by atoms with Gasteiger partial charge in [-0.05, 0) is 78.3 Å². The number of aryl methyl sites for hydroxylation is 4. The Balaban J connectivity index is 0.000000780. The first-order valence-electron chi connectivity index (χ1n) is 17.7. The number of amides is 2. The molecule has 2 atom stereocenters. The van der Waals surface area contributed by atoms with Crippen LogP contribution >= 0.6 is 0 Å². The van der Waals surface area contributed by atoms with Gasteiger partial charge in [0, 0.05) is 61.9 Å². The molecule has 292 valence electrons. The quantitative estimate of drug-likeness (QED) is 0.0668. The van der Waals surface area contributed by atoms with E-state index in [2.05, 4.69) is 37.5 Å². The zero-order valence-corrected chi connectivity index (χ0v) is 41.1. The second kappa shape index (κ2) is 25.4. The van der Waals surface area contributed by atoms with Crippen molar-refractivity contribution in [3.63, 3.8) is 0 Å². The van der Waals surface area contributed by atoms with Crippen molar-refractivity contribution in [2.24, 2.45) is 10.8 Å². The van der Waals surface area contributed by atoms with Crippen molar-refractivity contribution >= 4 is 53.1 Å². The number of anilines is 1. The number of aldehydes is 1. The van der Waals surface area contributed by atoms with E-state index in [1.165, 1.54) is 27.8 Å². The van der Waals surface area contributed by atoms with Gasteiger partial charge in [-0.25, -0.2) is 9.15 Å². The van der Waals surface area contributed by atoms with Gasteiger partial charge in [0.25, 0.3) is 5.97 Å². The Labute approximate surface area is 418 Å². The molecule has 12 nitrogen and oxygen atoms in total. The van der Waals surface area contributed by atoms with Crippen LogP contribution in [-0.4, -0.2) is 103 Å². The second-order valence-electron chi connectivity index (χ2n) is 14.7. The number of hydrogen-bond acceptors (Lipinski definition) is 7.